The number of ketones is 1. The summed E-state index contributed by atoms with van der Waals surface area (Å²) in [5, 5.41) is 9.80. The molecule has 4 heteroatoms. The fraction of sp³-hybridized carbons (Fsp3) is 0.400. The van der Waals surface area contributed by atoms with Gasteiger partial charge < -0.3 is 5.11 Å². The van der Waals surface area contributed by atoms with Crippen molar-refractivity contribution in [2.45, 2.75) is 25.7 Å². The van der Waals surface area contributed by atoms with Crippen molar-refractivity contribution in [3.05, 3.63) is 34.1 Å². The van der Waals surface area contributed by atoms with Gasteiger partial charge in [0.25, 0.3) is 0 Å². The smallest absolute Gasteiger partial charge is 0.177 e. The first-order valence-electron chi connectivity index (χ1n) is 6.49. The lowest BCUT2D eigenvalue weighted by atomic mass is 9.74. The maximum atomic E-state index is 14.1. The molecule has 19 heavy (non-hydrogen) atoms. The molecule has 0 unspecified atom stereocenters. The van der Waals surface area contributed by atoms with Gasteiger partial charge in [-0.2, -0.15) is 0 Å². The number of benzene rings is 1. The maximum absolute atomic E-state index is 14.1. The van der Waals surface area contributed by atoms with Gasteiger partial charge in [0, 0.05) is 16.9 Å². The van der Waals surface area contributed by atoms with Crippen LogP contribution in [-0.2, 0) is 11.2 Å². The van der Waals surface area contributed by atoms with E-state index in [1.165, 1.54) is 6.07 Å². The van der Waals surface area contributed by atoms with Crippen LogP contribution >= 0.6 is 11.6 Å². The summed E-state index contributed by atoms with van der Waals surface area (Å²) in [5.41, 5.74) is 1.88. The number of rotatable bonds is 0. The molecule has 0 aliphatic heterocycles. The molecule has 2 bridgehead atoms. The summed E-state index contributed by atoms with van der Waals surface area (Å²) < 4.78 is 14.1. The molecule has 1 aromatic carbocycles. The number of aromatic hydroxyl groups is 1. The number of carbonyl (C=O) groups excluding carboxylic acids is 1. The van der Waals surface area contributed by atoms with Crippen LogP contribution in [0.3, 0.4) is 0 Å². The van der Waals surface area contributed by atoms with Crippen molar-refractivity contribution in [1.82, 2.24) is 0 Å². The highest BCUT2D eigenvalue weighted by Crippen LogP contribution is 2.63. The second kappa shape index (κ2) is 3.40. The SMILES string of the molecule is O=C1C(Cl)=C2c3ccc(O)c(F)c3C[C@@]23CC[C@@H]1C3. The monoisotopic (exact) mass is 278 g/mol. The van der Waals surface area contributed by atoms with Crippen molar-refractivity contribution in [1.29, 1.82) is 0 Å². The predicted octanol–water partition coefficient (Wildman–Crippen LogP) is 3.41. The van der Waals surface area contributed by atoms with Crippen LogP contribution < -0.4 is 0 Å². The van der Waals surface area contributed by atoms with E-state index in [-0.39, 0.29) is 27.9 Å². The van der Waals surface area contributed by atoms with Gasteiger partial charge >= 0.3 is 0 Å². The number of phenolic OH excluding ortho intramolecular Hbond substituents is 1. The molecular weight excluding hydrogens is 267 g/mol. The van der Waals surface area contributed by atoms with E-state index in [0.29, 0.717) is 17.5 Å². The summed E-state index contributed by atoms with van der Waals surface area (Å²) >= 11 is 6.26. The summed E-state index contributed by atoms with van der Waals surface area (Å²) in [6.07, 6.45) is 3.04. The molecule has 0 saturated heterocycles. The lowest BCUT2D eigenvalue weighted by molar-refractivity contribution is -0.118. The van der Waals surface area contributed by atoms with Gasteiger partial charge in [0.15, 0.2) is 17.3 Å². The Labute approximate surface area is 114 Å². The van der Waals surface area contributed by atoms with Gasteiger partial charge in [-0.25, -0.2) is 4.39 Å². The third kappa shape index (κ3) is 1.24. The standard InChI is InChI=1S/C15H12ClFO2/c16-12-11-8-1-2-10(18)13(17)9(8)6-15(11)4-3-7(5-15)14(12)19/h1-2,7,18H,3-6H2/t7-,15+/m1/s1. The molecule has 1 aromatic rings. The summed E-state index contributed by atoms with van der Waals surface area (Å²) in [6.45, 7) is 0. The van der Waals surface area contributed by atoms with Gasteiger partial charge in [-0.1, -0.05) is 17.7 Å². The van der Waals surface area contributed by atoms with Gasteiger partial charge in [0.2, 0.25) is 0 Å². The largest absolute Gasteiger partial charge is 0.505 e. The Bertz CT molecular complexity index is 664. The van der Waals surface area contributed by atoms with Crippen LogP contribution in [0.2, 0.25) is 0 Å². The number of carbonyl (C=O) groups is 1. The third-order valence-corrected chi connectivity index (χ3v) is 5.33. The average Bonchev–Trinajstić information content (AvgIpc) is 2.93. The predicted molar refractivity (Wildman–Crippen MR) is 69.3 cm³/mol. The molecule has 98 valence electrons. The normalized spacial score (nSPS) is 31.7. The van der Waals surface area contributed by atoms with Gasteiger partial charge in [-0.15, -0.1) is 0 Å². The van der Waals surface area contributed by atoms with E-state index in [1.54, 1.807) is 6.07 Å². The lowest BCUT2D eigenvalue weighted by Crippen LogP contribution is -2.26. The van der Waals surface area contributed by atoms with Crippen LogP contribution in [0.4, 0.5) is 4.39 Å². The maximum Gasteiger partial charge on any atom is 0.177 e. The molecule has 3 aliphatic carbocycles. The van der Waals surface area contributed by atoms with Crippen molar-refractivity contribution in [2.75, 3.05) is 0 Å². The van der Waals surface area contributed by atoms with Gasteiger partial charge in [-0.3, -0.25) is 4.79 Å². The van der Waals surface area contributed by atoms with Crippen molar-refractivity contribution in [3.8, 4) is 5.75 Å². The molecule has 0 amide bonds. The van der Waals surface area contributed by atoms with E-state index in [4.69, 9.17) is 11.6 Å². The molecule has 0 aromatic heterocycles. The number of Topliss-reactive ketones (excluding diaryl/α,β-unsaturated/α-hetero) is 1. The first kappa shape index (κ1) is 11.5. The zero-order valence-corrected chi connectivity index (χ0v) is 10.9. The molecule has 0 radical (unpaired) electrons. The van der Waals surface area contributed by atoms with Crippen molar-refractivity contribution < 1.29 is 14.3 Å². The Balaban J connectivity index is 2.03. The molecule has 1 fully saturated rings. The van der Waals surface area contributed by atoms with E-state index >= 15 is 0 Å². The van der Waals surface area contributed by atoms with Crippen LogP contribution in [0.5, 0.6) is 5.75 Å². The number of phenols is 1. The summed E-state index contributed by atoms with van der Waals surface area (Å²) in [4.78, 5) is 12.2. The molecule has 4 rings (SSSR count). The number of hydrogen-bond donors (Lipinski definition) is 1. The molecule has 3 aliphatic rings. The minimum Gasteiger partial charge on any atom is -0.505 e. The number of fused-ring (bicyclic) bond motifs is 3. The van der Waals surface area contributed by atoms with Crippen LogP contribution in [0.15, 0.2) is 17.2 Å². The first-order valence-corrected chi connectivity index (χ1v) is 6.86. The topological polar surface area (TPSA) is 37.3 Å². The Morgan fingerprint density at radius 1 is 1.42 bits per heavy atom. The third-order valence-electron chi connectivity index (χ3n) is 4.95. The molecule has 1 spiro atoms. The van der Waals surface area contributed by atoms with E-state index in [9.17, 15) is 14.3 Å². The zero-order chi connectivity index (χ0) is 13.4. The van der Waals surface area contributed by atoms with Crippen molar-refractivity contribution in [2.24, 2.45) is 11.3 Å². The van der Waals surface area contributed by atoms with Crippen LogP contribution in [0.1, 0.15) is 30.4 Å². The van der Waals surface area contributed by atoms with E-state index < -0.39 is 5.82 Å². The molecule has 1 saturated carbocycles. The van der Waals surface area contributed by atoms with Gasteiger partial charge in [-0.05, 0) is 42.9 Å². The minimum atomic E-state index is -0.561. The average molecular weight is 279 g/mol. The zero-order valence-electron chi connectivity index (χ0n) is 10.2. The van der Waals surface area contributed by atoms with Crippen molar-refractivity contribution >= 4 is 23.0 Å². The van der Waals surface area contributed by atoms with Crippen LogP contribution in [-0.4, -0.2) is 10.9 Å². The summed E-state index contributed by atoms with van der Waals surface area (Å²) in [7, 11) is 0. The quantitative estimate of drug-likeness (QED) is 0.790. The van der Waals surface area contributed by atoms with Gasteiger partial charge in [0.1, 0.15) is 0 Å². The Morgan fingerprint density at radius 2 is 2.21 bits per heavy atom. The number of allylic oxidation sites excluding steroid dienone is 2. The highest BCUT2D eigenvalue weighted by atomic mass is 35.5. The minimum absolute atomic E-state index is 0.00206. The van der Waals surface area contributed by atoms with Gasteiger partial charge in [0.05, 0.1) is 5.03 Å². The fourth-order valence-electron chi connectivity index (χ4n) is 4.12. The van der Waals surface area contributed by atoms with Crippen LogP contribution in [0.25, 0.3) is 5.57 Å². The lowest BCUT2D eigenvalue weighted by Gasteiger charge is -2.30. The molecule has 0 heterocycles. The summed E-state index contributed by atoms with van der Waals surface area (Å²) in [6, 6.07) is 3.03. The molecule has 2 nitrogen and oxygen atoms in total. The fourth-order valence-corrected chi connectivity index (χ4v) is 4.58. The highest BCUT2D eigenvalue weighted by Gasteiger charge is 2.54. The molecular formula is C15H12ClFO2. The Kier molecular flexibility index (Phi) is 2.05. The van der Waals surface area contributed by atoms with E-state index in [0.717, 1.165) is 24.8 Å². The van der Waals surface area contributed by atoms with Crippen LogP contribution in [0, 0.1) is 17.2 Å². The number of halogens is 2. The second-order valence-corrected chi connectivity index (χ2v) is 6.25. The van der Waals surface area contributed by atoms with Crippen molar-refractivity contribution in [3.63, 3.8) is 0 Å². The van der Waals surface area contributed by atoms with E-state index in [2.05, 4.69) is 0 Å². The molecule has 2 atom stereocenters. The Morgan fingerprint density at radius 3 is 3.00 bits per heavy atom. The summed E-state index contributed by atoms with van der Waals surface area (Å²) in [5.74, 6) is -0.881. The van der Waals surface area contributed by atoms with E-state index in [1.807, 2.05) is 0 Å². The Hall–Kier alpha value is -1.35. The second-order valence-electron chi connectivity index (χ2n) is 5.87. The molecule has 1 N–H and O–H groups in total. The first-order chi connectivity index (χ1) is 9.03. The number of hydrogen-bond acceptors (Lipinski definition) is 2. The highest BCUT2D eigenvalue weighted by molar-refractivity contribution is 6.46.